The van der Waals surface area contributed by atoms with Crippen LogP contribution in [-0.4, -0.2) is 6.29 Å². The summed E-state index contributed by atoms with van der Waals surface area (Å²) >= 11 is 0. The van der Waals surface area contributed by atoms with Gasteiger partial charge in [0.2, 0.25) is 0 Å². The van der Waals surface area contributed by atoms with Crippen LogP contribution in [0.1, 0.15) is 15.9 Å². The number of carbonyl (C=O) groups excluding carboxylic acids is 1. The highest BCUT2D eigenvalue weighted by atomic mass is 19.1. The average Bonchev–Trinajstić information content (AvgIpc) is 2.32. The third-order valence-corrected chi connectivity index (χ3v) is 2.55. The number of aldehydes is 1. The van der Waals surface area contributed by atoms with Crippen molar-refractivity contribution < 1.29 is 13.6 Å². The van der Waals surface area contributed by atoms with Gasteiger partial charge in [-0.2, -0.15) is 0 Å². The minimum atomic E-state index is -0.494. The smallest absolute Gasteiger partial charge is 0.150 e. The van der Waals surface area contributed by atoms with Crippen LogP contribution in [0.2, 0.25) is 0 Å². The van der Waals surface area contributed by atoms with Crippen molar-refractivity contribution in [1.82, 2.24) is 0 Å². The van der Waals surface area contributed by atoms with Crippen LogP contribution in [0.5, 0.6) is 0 Å². The summed E-state index contributed by atoms with van der Waals surface area (Å²) in [5.41, 5.74) is 1.64. The van der Waals surface area contributed by atoms with E-state index in [4.69, 9.17) is 0 Å². The first-order chi connectivity index (χ1) is 8.11. The van der Waals surface area contributed by atoms with E-state index in [1.54, 1.807) is 12.1 Å². The van der Waals surface area contributed by atoms with Crippen LogP contribution in [0.25, 0.3) is 11.1 Å². The van der Waals surface area contributed by atoms with Gasteiger partial charge in [0.1, 0.15) is 11.6 Å². The highest BCUT2D eigenvalue weighted by Gasteiger charge is 2.10. The maximum absolute atomic E-state index is 13.7. The summed E-state index contributed by atoms with van der Waals surface area (Å²) in [4.78, 5) is 10.9. The molecule has 0 fully saturated rings. The van der Waals surface area contributed by atoms with Crippen molar-refractivity contribution in [2.24, 2.45) is 0 Å². The van der Waals surface area contributed by atoms with Gasteiger partial charge in [-0.25, -0.2) is 8.78 Å². The first kappa shape index (κ1) is 11.5. The summed E-state index contributed by atoms with van der Waals surface area (Å²) in [7, 11) is 0. The number of hydrogen-bond donors (Lipinski definition) is 0. The molecular formula is C14H10F2O. The zero-order valence-electron chi connectivity index (χ0n) is 9.21. The number of carbonyl (C=O) groups is 1. The molecule has 2 aromatic rings. The van der Waals surface area contributed by atoms with Crippen molar-refractivity contribution in [3.8, 4) is 11.1 Å². The number of hydrogen-bond acceptors (Lipinski definition) is 1. The molecule has 0 saturated heterocycles. The van der Waals surface area contributed by atoms with Crippen molar-refractivity contribution in [3.05, 3.63) is 59.2 Å². The first-order valence-electron chi connectivity index (χ1n) is 5.13. The summed E-state index contributed by atoms with van der Waals surface area (Å²) in [6, 6.07) is 8.22. The molecule has 0 spiro atoms. The highest BCUT2D eigenvalue weighted by molar-refractivity contribution is 5.87. The van der Waals surface area contributed by atoms with Crippen LogP contribution in [0.15, 0.2) is 36.4 Å². The van der Waals surface area contributed by atoms with E-state index >= 15 is 0 Å². The molecule has 0 N–H and O–H groups in total. The zero-order chi connectivity index (χ0) is 12.4. The Morgan fingerprint density at radius 1 is 1.00 bits per heavy atom. The van der Waals surface area contributed by atoms with Crippen LogP contribution >= 0.6 is 0 Å². The molecule has 1 nitrogen and oxygen atoms in total. The van der Waals surface area contributed by atoms with Gasteiger partial charge in [0, 0.05) is 11.1 Å². The van der Waals surface area contributed by atoms with E-state index in [1.165, 1.54) is 24.3 Å². The first-order valence-corrected chi connectivity index (χ1v) is 5.13. The van der Waals surface area contributed by atoms with E-state index in [0.29, 0.717) is 6.29 Å². The molecule has 0 radical (unpaired) electrons. The van der Waals surface area contributed by atoms with Crippen LogP contribution in [0, 0.1) is 18.6 Å². The summed E-state index contributed by atoms with van der Waals surface area (Å²) < 4.78 is 26.8. The van der Waals surface area contributed by atoms with Crippen LogP contribution in [0.3, 0.4) is 0 Å². The van der Waals surface area contributed by atoms with Crippen LogP contribution in [0.4, 0.5) is 8.78 Å². The fourth-order valence-corrected chi connectivity index (χ4v) is 1.71. The normalized spacial score (nSPS) is 10.3. The lowest BCUT2D eigenvalue weighted by Gasteiger charge is -2.07. The maximum Gasteiger partial charge on any atom is 0.150 e. The molecule has 0 aliphatic heterocycles. The van der Waals surface area contributed by atoms with Gasteiger partial charge in [0.25, 0.3) is 0 Å². The lowest BCUT2D eigenvalue weighted by molar-refractivity contribution is 0.112. The summed E-state index contributed by atoms with van der Waals surface area (Å²) in [5.74, 6) is -0.962. The zero-order valence-corrected chi connectivity index (χ0v) is 9.21. The van der Waals surface area contributed by atoms with E-state index in [1.807, 2.05) is 6.92 Å². The molecule has 0 atom stereocenters. The second-order valence-electron chi connectivity index (χ2n) is 3.83. The Labute approximate surface area is 97.7 Å². The van der Waals surface area contributed by atoms with E-state index in [2.05, 4.69) is 0 Å². The second-order valence-corrected chi connectivity index (χ2v) is 3.83. The molecule has 2 rings (SSSR count). The van der Waals surface area contributed by atoms with Gasteiger partial charge in [-0.15, -0.1) is 0 Å². The lowest BCUT2D eigenvalue weighted by Crippen LogP contribution is -1.92. The number of halogens is 2. The molecule has 17 heavy (non-hydrogen) atoms. The lowest BCUT2D eigenvalue weighted by atomic mass is 9.98. The van der Waals surface area contributed by atoms with Crippen LogP contribution < -0.4 is 0 Å². The quantitative estimate of drug-likeness (QED) is 0.720. The molecule has 0 aliphatic carbocycles. The maximum atomic E-state index is 13.7. The molecule has 0 bridgehead atoms. The van der Waals surface area contributed by atoms with Gasteiger partial charge in [0.05, 0.1) is 0 Å². The Balaban J connectivity index is 2.70. The number of rotatable bonds is 2. The van der Waals surface area contributed by atoms with E-state index in [0.717, 1.165) is 5.56 Å². The van der Waals surface area contributed by atoms with Crippen molar-refractivity contribution in [2.75, 3.05) is 0 Å². The Kier molecular flexibility index (Phi) is 3.00. The Bertz CT molecular complexity index is 576. The molecule has 0 unspecified atom stereocenters. The molecule has 86 valence electrons. The second kappa shape index (κ2) is 4.45. The van der Waals surface area contributed by atoms with E-state index < -0.39 is 11.6 Å². The van der Waals surface area contributed by atoms with E-state index in [-0.39, 0.29) is 16.7 Å². The molecule has 3 heteroatoms. The van der Waals surface area contributed by atoms with Crippen molar-refractivity contribution in [3.63, 3.8) is 0 Å². The summed E-state index contributed by atoms with van der Waals surface area (Å²) in [5, 5.41) is 0. The predicted molar refractivity (Wildman–Crippen MR) is 61.9 cm³/mol. The molecule has 0 aromatic heterocycles. The minimum absolute atomic E-state index is 0.242. The van der Waals surface area contributed by atoms with Gasteiger partial charge >= 0.3 is 0 Å². The fraction of sp³-hybridized carbons (Fsp3) is 0.0714. The summed E-state index contributed by atoms with van der Waals surface area (Å²) in [6.45, 7) is 1.81. The Hall–Kier alpha value is -2.03. The van der Waals surface area contributed by atoms with Gasteiger partial charge in [-0.1, -0.05) is 11.6 Å². The third kappa shape index (κ3) is 2.23. The Morgan fingerprint density at radius 2 is 1.76 bits per heavy atom. The molecule has 0 saturated carbocycles. The monoisotopic (exact) mass is 232 g/mol. The standard InChI is InChI=1S/C14H10F2O/c1-9-2-5-14(16)13(6-9)12-7-11(15)4-3-10(12)8-17/h2-8H,1H3. The predicted octanol–water partition coefficient (Wildman–Crippen LogP) is 3.75. The van der Waals surface area contributed by atoms with Gasteiger partial charge in [-0.3, -0.25) is 4.79 Å². The summed E-state index contributed by atoms with van der Waals surface area (Å²) in [6.07, 6.45) is 0.594. The molecule has 0 aliphatic rings. The van der Waals surface area contributed by atoms with Crippen molar-refractivity contribution in [2.45, 2.75) is 6.92 Å². The third-order valence-electron chi connectivity index (χ3n) is 2.55. The van der Waals surface area contributed by atoms with Gasteiger partial charge in [0.15, 0.2) is 6.29 Å². The van der Waals surface area contributed by atoms with Crippen LogP contribution in [-0.2, 0) is 0 Å². The molecule has 2 aromatic carbocycles. The molecule has 0 heterocycles. The molecular weight excluding hydrogens is 222 g/mol. The molecule has 0 amide bonds. The number of benzene rings is 2. The van der Waals surface area contributed by atoms with E-state index in [9.17, 15) is 13.6 Å². The Morgan fingerprint density at radius 3 is 2.47 bits per heavy atom. The van der Waals surface area contributed by atoms with Gasteiger partial charge in [-0.05, 0) is 42.8 Å². The average molecular weight is 232 g/mol. The van der Waals surface area contributed by atoms with Crippen molar-refractivity contribution >= 4 is 6.29 Å². The largest absolute Gasteiger partial charge is 0.298 e. The van der Waals surface area contributed by atoms with Crippen molar-refractivity contribution in [1.29, 1.82) is 0 Å². The SMILES string of the molecule is Cc1ccc(F)c(-c2cc(F)ccc2C=O)c1. The minimum Gasteiger partial charge on any atom is -0.298 e. The topological polar surface area (TPSA) is 17.1 Å². The fourth-order valence-electron chi connectivity index (χ4n) is 1.71. The van der Waals surface area contributed by atoms with Gasteiger partial charge < -0.3 is 0 Å². The highest BCUT2D eigenvalue weighted by Crippen LogP contribution is 2.27. The number of aryl methyl sites for hydroxylation is 1.